The van der Waals surface area contributed by atoms with Crippen molar-refractivity contribution in [2.75, 3.05) is 18.0 Å². The summed E-state index contributed by atoms with van der Waals surface area (Å²) in [4.78, 5) is 18.7. The van der Waals surface area contributed by atoms with E-state index in [2.05, 4.69) is 4.98 Å². The normalized spacial score (nSPS) is 17.5. The number of rotatable bonds is 5. The van der Waals surface area contributed by atoms with Crippen molar-refractivity contribution in [1.29, 1.82) is 0 Å². The molecule has 2 heterocycles. The molecule has 0 aliphatic carbocycles. The fourth-order valence-electron chi connectivity index (χ4n) is 3.66. The number of nitrogens with zero attached hydrogens (tertiary/aromatic N) is 3. The summed E-state index contributed by atoms with van der Waals surface area (Å²) in [6.07, 6.45) is 2.72. The fraction of sp³-hybridized carbons (Fsp3) is 0.478. The van der Waals surface area contributed by atoms with Crippen LogP contribution >= 0.6 is 0 Å². The van der Waals surface area contributed by atoms with E-state index in [0.717, 1.165) is 24.0 Å². The van der Waals surface area contributed by atoms with Crippen molar-refractivity contribution in [1.82, 2.24) is 9.29 Å². The van der Waals surface area contributed by atoms with Gasteiger partial charge < -0.3 is 4.74 Å². The Morgan fingerprint density at radius 1 is 1.19 bits per heavy atom. The standard InChI is InChI=1S/C23H31N3O4S/c1-6-25(22(27)30-23(3,4)5)21-14-11-18(16-24-21)20-8-7-15-26(20)31(28,29)19-12-9-17(2)10-13-19/h9-14,16,20H,6-8,15H2,1-5H3/t20-/m1/s1. The number of hydrogen-bond donors (Lipinski definition) is 0. The van der Waals surface area contributed by atoms with Crippen LogP contribution in [0.2, 0.25) is 0 Å². The predicted octanol–water partition coefficient (Wildman–Crippen LogP) is 4.68. The average Bonchev–Trinajstić information content (AvgIpc) is 3.19. The van der Waals surface area contributed by atoms with Gasteiger partial charge >= 0.3 is 6.09 Å². The molecule has 2 aromatic rings. The fourth-order valence-corrected chi connectivity index (χ4v) is 5.34. The maximum Gasteiger partial charge on any atom is 0.415 e. The summed E-state index contributed by atoms with van der Waals surface area (Å²) in [6, 6.07) is 10.3. The molecular weight excluding hydrogens is 414 g/mol. The second-order valence-electron chi connectivity index (χ2n) is 8.76. The number of hydrogen-bond acceptors (Lipinski definition) is 5. The van der Waals surface area contributed by atoms with Gasteiger partial charge in [-0.1, -0.05) is 23.8 Å². The Balaban J connectivity index is 1.82. The van der Waals surface area contributed by atoms with Gasteiger partial charge in [-0.15, -0.1) is 0 Å². The molecule has 1 aliphatic rings. The molecule has 1 atom stereocenters. The number of aromatic nitrogens is 1. The molecule has 0 N–H and O–H groups in total. The first-order chi connectivity index (χ1) is 14.5. The molecule has 8 heteroatoms. The molecular formula is C23H31N3O4S. The molecule has 0 spiro atoms. The first kappa shape index (κ1) is 23.2. The van der Waals surface area contributed by atoms with Crippen molar-refractivity contribution < 1.29 is 17.9 Å². The highest BCUT2D eigenvalue weighted by molar-refractivity contribution is 7.89. The molecule has 1 amide bonds. The van der Waals surface area contributed by atoms with E-state index in [1.807, 2.05) is 52.8 Å². The van der Waals surface area contributed by atoms with E-state index in [9.17, 15) is 13.2 Å². The average molecular weight is 446 g/mol. The SMILES string of the molecule is CCN(C(=O)OC(C)(C)C)c1ccc([C@H]2CCCN2S(=O)(=O)c2ccc(C)cc2)cn1. The Kier molecular flexibility index (Phi) is 6.71. The predicted molar refractivity (Wildman–Crippen MR) is 121 cm³/mol. The van der Waals surface area contributed by atoms with E-state index in [1.165, 1.54) is 4.90 Å². The van der Waals surface area contributed by atoms with Crippen molar-refractivity contribution in [2.45, 2.75) is 64.0 Å². The van der Waals surface area contributed by atoms with Crippen LogP contribution in [0.25, 0.3) is 0 Å². The van der Waals surface area contributed by atoms with Gasteiger partial charge in [0.1, 0.15) is 11.4 Å². The van der Waals surface area contributed by atoms with Crippen LogP contribution < -0.4 is 4.90 Å². The minimum Gasteiger partial charge on any atom is -0.443 e. The number of pyridine rings is 1. The number of anilines is 1. The third-order valence-electron chi connectivity index (χ3n) is 5.19. The first-order valence-electron chi connectivity index (χ1n) is 10.6. The third-order valence-corrected chi connectivity index (χ3v) is 7.12. The molecule has 1 fully saturated rings. The van der Waals surface area contributed by atoms with E-state index < -0.39 is 21.7 Å². The maximum atomic E-state index is 13.2. The smallest absolute Gasteiger partial charge is 0.415 e. The highest BCUT2D eigenvalue weighted by Gasteiger charge is 2.36. The second kappa shape index (κ2) is 8.96. The molecule has 0 unspecified atom stereocenters. The van der Waals surface area contributed by atoms with Crippen molar-refractivity contribution in [2.24, 2.45) is 0 Å². The van der Waals surface area contributed by atoms with E-state index >= 15 is 0 Å². The number of benzene rings is 1. The van der Waals surface area contributed by atoms with Gasteiger partial charge in [-0.05, 0) is 71.2 Å². The Morgan fingerprint density at radius 3 is 2.42 bits per heavy atom. The molecule has 31 heavy (non-hydrogen) atoms. The quantitative estimate of drug-likeness (QED) is 0.668. The van der Waals surface area contributed by atoms with Crippen molar-refractivity contribution in [3.63, 3.8) is 0 Å². The van der Waals surface area contributed by atoms with Crippen LogP contribution in [-0.4, -0.2) is 42.5 Å². The second-order valence-corrected chi connectivity index (χ2v) is 10.7. The van der Waals surface area contributed by atoms with Crippen LogP contribution in [0.15, 0.2) is 47.5 Å². The topological polar surface area (TPSA) is 79.8 Å². The molecule has 0 saturated carbocycles. The lowest BCUT2D eigenvalue weighted by atomic mass is 10.1. The highest BCUT2D eigenvalue weighted by Crippen LogP contribution is 2.36. The van der Waals surface area contributed by atoms with Crippen molar-refractivity contribution >= 4 is 21.9 Å². The summed E-state index contributed by atoms with van der Waals surface area (Å²) in [5, 5.41) is 0. The zero-order valence-electron chi connectivity index (χ0n) is 18.8. The van der Waals surface area contributed by atoms with E-state index in [1.54, 1.807) is 28.7 Å². The molecule has 7 nitrogen and oxygen atoms in total. The Labute approximate surface area is 185 Å². The van der Waals surface area contributed by atoms with Crippen LogP contribution in [0.5, 0.6) is 0 Å². The number of amides is 1. The van der Waals surface area contributed by atoms with Gasteiger partial charge in [-0.3, -0.25) is 4.90 Å². The van der Waals surface area contributed by atoms with Crippen LogP contribution in [0.3, 0.4) is 0 Å². The van der Waals surface area contributed by atoms with Gasteiger partial charge in [0.2, 0.25) is 10.0 Å². The van der Waals surface area contributed by atoms with E-state index in [-0.39, 0.29) is 6.04 Å². The zero-order valence-corrected chi connectivity index (χ0v) is 19.6. The van der Waals surface area contributed by atoms with Gasteiger partial charge in [0, 0.05) is 19.3 Å². The molecule has 1 aliphatic heterocycles. The Bertz CT molecular complexity index is 1010. The lowest BCUT2D eigenvalue weighted by molar-refractivity contribution is 0.0581. The summed E-state index contributed by atoms with van der Waals surface area (Å²) in [6.45, 7) is 10.1. The van der Waals surface area contributed by atoms with Gasteiger partial charge in [0.25, 0.3) is 0 Å². The number of carbonyl (C=O) groups excluding carboxylic acids is 1. The lowest BCUT2D eigenvalue weighted by Crippen LogP contribution is -2.37. The molecule has 168 valence electrons. The van der Waals surface area contributed by atoms with Crippen molar-refractivity contribution in [3.05, 3.63) is 53.7 Å². The molecule has 0 bridgehead atoms. The van der Waals surface area contributed by atoms with Gasteiger partial charge in [-0.25, -0.2) is 18.2 Å². The van der Waals surface area contributed by atoms with Crippen molar-refractivity contribution in [3.8, 4) is 0 Å². The zero-order chi connectivity index (χ0) is 22.8. The number of sulfonamides is 1. The minimum atomic E-state index is -3.60. The van der Waals surface area contributed by atoms with Crippen LogP contribution in [0.4, 0.5) is 10.6 Å². The summed E-state index contributed by atoms with van der Waals surface area (Å²) >= 11 is 0. The molecule has 1 saturated heterocycles. The minimum absolute atomic E-state index is 0.274. The van der Waals surface area contributed by atoms with Crippen LogP contribution in [0, 0.1) is 6.92 Å². The van der Waals surface area contributed by atoms with Crippen LogP contribution in [0.1, 0.15) is 57.7 Å². The third kappa shape index (κ3) is 5.25. The summed E-state index contributed by atoms with van der Waals surface area (Å²) in [5.41, 5.74) is 1.23. The number of carbonyl (C=O) groups is 1. The van der Waals surface area contributed by atoms with Gasteiger partial charge in [-0.2, -0.15) is 4.31 Å². The summed E-state index contributed by atoms with van der Waals surface area (Å²) in [7, 11) is -3.60. The van der Waals surface area contributed by atoms with Gasteiger partial charge in [0.05, 0.1) is 10.9 Å². The molecule has 1 aromatic heterocycles. The summed E-state index contributed by atoms with van der Waals surface area (Å²) in [5.74, 6) is 0.478. The molecule has 3 rings (SSSR count). The number of aryl methyl sites for hydroxylation is 1. The lowest BCUT2D eigenvalue weighted by Gasteiger charge is -2.27. The van der Waals surface area contributed by atoms with Crippen LogP contribution in [-0.2, 0) is 14.8 Å². The Hall–Kier alpha value is -2.45. The van der Waals surface area contributed by atoms with E-state index in [0.29, 0.717) is 23.8 Å². The van der Waals surface area contributed by atoms with Gasteiger partial charge in [0.15, 0.2) is 0 Å². The highest BCUT2D eigenvalue weighted by atomic mass is 32.2. The van der Waals surface area contributed by atoms with E-state index in [4.69, 9.17) is 4.74 Å². The number of ether oxygens (including phenoxy) is 1. The molecule has 0 radical (unpaired) electrons. The molecule has 1 aromatic carbocycles. The maximum absolute atomic E-state index is 13.2. The first-order valence-corrected chi connectivity index (χ1v) is 12.0. The Morgan fingerprint density at radius 2 is 1.87 bits per heavy atom. The monoisotopic (exact) mass is 445 g/mol. The largest absolute Gasteiger partial charge is 0.443 e. The summed E-state index contributed by atoms with van der Waals surface area (Å²) < 4.78 is 33.4.